The minimum absolute atomic E-state index is 0.0455. The van der Waals surface area contributed by atoms with E-state index in [2.05, 4.69) is 10.0 Å². The van der Waals surface area contributed by atoms with Crippen molar-refractivity contribution in [2.45, 2.75) is 4.90 Å². The van der Waals surface area contributed by atoms with E-state index in [0.29, 0.717) is 0 Å². The number of anilines is 1. The van der Waals surface area contributed by atoms with Gasteiger partial charge in [0.1, 0.15) is 0 Å². The van der Waals surface area contributed by atoms with Gasteiger partial charge in [0.15, 0.2) is 6.61 Å². The number of halogens is 1. The molecule has 0 aliphatic heterocycles. The summed E-state index contributed by atoms with van der Waals surface area (Å²) >= 11 is 5.90. The number of amides is 1. The lowest BCUT2D eigenvalue weighted by Crippen LogP contribution is -2.22. The average molecular weight is 428 g/mol. The van der Waals surface area contributed by atoms with E-state index in [4.69, 9.17) is 16.3 Å². The molecule has 10 nitrogen and oxygen atoms in total. The third-order valence-electron chi connectivity index (χ3n) is 3.43. The molecular weight excluding hydrogens is 414 g/mol. The van der Waals surface area contributed by atoms with Gasteiger partial charge in [-0.25, -0.2) is 17.9 Å². The van der Waals surface area contributed by atoms with Crippen LogP contribution in [0.4, 0.5) is 11.4 Å². The second-order valence-electron chi connectivity index (χ2n) is 5.28. The van der Waals surface area contributed by atoms with Crippen molar-refractivity contribution in [3.63, 3.8) is 0 Å². The number of hydrogen-bond donors (Lipinski definition) is 2. The third kappa shape index (κ3) is 5.25. The van der Waals surface area contributed by atoms with Crippen LogP contribution in [0.15, 0.2) is 47.4 Å². The molecule has 0 saturated heterocycles. The molecule has 0 aliphatic rings. The molecule has 2 rings (SSSR count). The van der Waals surface area contributed by atoms with Crippen molar-refractivity contribution in [1.29, 1.82) is 0 Å². The lowest BCUT2D eigenvalue weighted by atomic mass is 10.2. The summed E-state index contributed by atoms with van der Waals surface area (Å²) in [6.45, 7) is -0.671. The molecule has 0 aliphatic carbocycles. The minimum Gasteiger partial charge on any atom is -0.452 e. The molecule has 2 N–H and O–H groups in total. The molecule has 2 aromatic rings. The molecule has 0 aromatic heterocycles. The van der Waals surface area contributed by atoms with Crippen molar-refractivity contribution in [2.75, 3.05) is 19.0 Å². The molecule has 2 aromatic carbocycles. The lowest BCUT2D eigenvalue weighted by Gasteiger charge is -2.09. The second-order valence-corrected chi connectivity index (χ2v) is 7.57. The molecule has 12 heteroatoms. The topological polar surface area (TPSA) is 145 Å². The van der Waals surface area contributed by atoms with Gasteiger partial charge in [0.05, 0.1) is 20.4 Å². The Kier molecular flexibility index (Phi) is 6.67. The van der Waals surface area contributed by atoms with Crippen molar-refractivity contribution in [2.24, 2.45) is 0 Å². The van der Waals surface area contributed by atoms with Crippen LogP contribution in [-0.2, 0) is 19.6 Å². The maximum atomic E-state index is 12.1. The molecule has 0 unspecified atom stereocenters. The fourth-order valence-electron chi connectivity index (χ4n) is 2.02. The quantitative estimate of drug-likeness (QED) is 0.390. The number of benzene rings is 2. The van der Waals surface area contributed by atoms with E-state index in [1.54, 1.807) is 0 Å². The number of nitro benzene ring substituents is 1. The molecule has 0 bridgehead atoms. The number of esters is 1. The largest absolute Gasteiger partial charge is 0.452 e. The smallest absolute Gasteiger partial charge is 0.340 e. The molecule has 1 amide bonds. The number of nitro groups is 1. The Balaban J connectivity index is 2.02. The number of carbonyl (C=O) groups excluding carboxylic acids is 2. The number of nitrogens with one attached hydrogen (secondary N) is 2. The van der Waals surface area contributed by atoms with Gasteiger partial charge in [0, 0.05) is 17.8 Å². The highest BCUT2D eigenvalue weighted by Gasteiger charge is 2.19. The maximum absolute atomic E-state index is 12.1. The van der Waals surface area contributed by atoms with E-state index in [1.165, 1.54) is 43.4 Å². The molecule has 0 radical (unpaired) electrons. The second kappa shape index (κ2) is 8.78. The first kappa shape index (κ1) is 21.3. The molecule has 28 heavy (non-hydrogen) atoms. The van der Waals surface area contributed by atoms with Crippen LogP contribution in [0.3, 0.4) is 0 Å². The molecule has 0 spiro atoms. The van der Waals surface area contributed by atoms with E-state index in [0.717, 1.165) is 6.07 Å². The van der Waals surface area contributed by atoms with E-state index in [-0.39, 0.29) is 26.9 Å². The summed E-state index contributed by atoms with van der Waals surface area (Å²) in [5.41, 5.74) is -0.0941. The van der Waals surface area contributed by atoms with Gasteiger partial charge in [-0.15, -0.1) is 0 Å². The summed E-state index contributed by atoms with van der Waals surface area (Å²) < 4.78 is 30.6. The molecular formula is C16H14ClN3O7S. The van der Waals surface area contributed by atoms with Gasteiger partial charge in [-0.1, -0.05) is 11.6 Å². The fourth-order valence-corrected chi connectivity index (χ4v) is 2.97. The van der Waals surface area contributed by atoms with Crippen LogP contribution in [0.5, 0.6) is 0 Å². The van der Waals surface area contributed by atoms with Gasteiger partial charge in [0.25, 0.3) is 11.6 Å². The first-order valence-electron chi connectivity index (χ1n) is 7.58. The van der Waals surface area contributed by atoms with Crippen LogP contribution < -0.4 is 10.0 Å². The number of nitrogens with zero attached hydrogens (tertiary/aromatic N) is 1. The van der Waals surface area contributed by atoms with Gasteiger partial charge in [-0.2, -0.15) is 0 Å². The van der Waals surface area contributed by atoms with Crippen molar-refractivity contribution in [1.82, 2.24) is 4.72 Å². The Bertz CT molecular complexity index is 1020. The highest BCUT2D eigenvalue weighted by molar-refractivity contribution is 7.89. The van der Waals surface area contributed by atoms with E-state index < -0.39 is 33.4 Å². The minimum atomic E-state index is -3.80. The highest BCUT2D eigenvalue weighted by atomic mass is 35.5. The van der Waals surface area contributed by atoms with Crippen LogP contribution in [0.25, 0.3) is 0 Å². The Morgan fingerprint density at radius 2 is 1.82 bits per heavy atom. The first-order valence-corrected chi connectivity index (χ1v) is 9.44. The van der Waals surface area contributed by atoms with E-state index in [1.807, 2.05) is 0 Å². The zero-order chi connectivity index (χ0) is 20.9. The number of carbonyl (C=O) groups is 2. The average Bonchev–Trinajstić information content (AvgIpc) is 2.66. The predicted molar refractivity (Wildman–Crippen MR) is 99.7 cm³/mol. The van der Waals surface area contributed by atoms with Gasteiger partial charge >= 0.3 is 5.97 Å². The Labute approximate surface area is 164 Å². The van der Waals surface area contributed by atoms with Crippen LogP contribution in [0.1, 0.15) is 10.4 Å². The van der Waals surface area contributed by atoms with Crippen molar-refractivity contribution < 1.29 is 27.7 Å². The number of ether oxygens (including phenoxy) is 1. The molecule has 0 heterocycles. The number of hydrogen-bond acceptors (Lipinski definition) is 7. The SMILES string of the molecule is CNS(=O)(=O)c1ccc(Cl)c(C(=O)OCC(=O)Nc2ccc([N+](=O)[O-])cc2)c1. The number of sulfonamides is 1. The first-order chi connectivity index (χ1) is 13.1. The van der Waals surface area contributed by atoms with Gasteiger partial charge in [-0.05, 0) is 37.4 Å². The summed E-state index contributed by atoms with van der Waals surface area (Å²) in [6, 6.07) is 8.52. The van der Waals surface area contributed by atoms with Crippen molar-refractivity contribution >= 4 is 44.9 Å². The molecule has 0 saturated carbocycles. The lowest BCUT2D eigenvalue weighted by molar-refractivity contribution is -0.384. The summed E-state index contributed by atoms with van der Waals surface area (Å²) in [6.07, 6.45) is 0. The van der Waals surface area contributed by atoms with Crippen LogP contribution in [-0.4, -0.2) is 38.9 Å². The molecule has 0 atom stereocenters. The van der Waals surface area contributed by atoms with Gasteiger partial charge < -0.3 is 10.1 Å². The summed E-state index contributed by atoms with van der Waals surface area (Å²) in [4.78, 5) is 33.8. The summed E-state index contributed by atoms with van der Waals surface area (Å²) in [5, 5.41) is 12.9. The summed E-state index contributed by atoms with van der Waals surface area (Å²) in [7, 11) is -2.58. The Morgan fingerprint density at radius 3 is 2.39 bits per heavy atom. The maximum Gasteiger partial charge on any atom is 0.340 e. The third-order valence-corrected chi connectivity index (χ3v) is 5.17. The Morgan fingerprint density at radius 1 is 1.18 bits per heavy atom. The highest BCUT2D eigenvalue weighted by Crippen LogP contribution is 2.21. The van der Waals surface area contributed by atoms with Gasteiger partial charge in [0.2, 0.25) is 10.0 Å². The standard InChI is InChI=1S/C16H14ClN3O7S/c1-18-28(25,26)12-6-7-14(17)13(8-12)16(22)27-9-15(21)19-10-2-4-11(5-3-10)20(23)24/h2-8,18H,9H2,1H3,(H,19,21). The number of rotatable bonds is 7. The van der Waals surface area contributed by atoms with Crippen molar-refractivity contribution in [3.8, 4) is 0 Å². The fraction of sp³-hybridized carbons (Fsp3) is 0.125. The monoisotopic (exact) mass is 427 g/mol. The van der Waals surface area contributed by atoms with Crippen LogP contribution >= 0.6 is 11.6 Å². The zero-order valence-electron chi connectivity index (χ0n) is 14.3. The van der Waals surface area contributed by atoms with Gasteiger partial charge in [-0.3, -0.25) is 14.9 Å². The van der Waals surface area contributed by atoms with Crippen LogP contribution in [0.2, 0.25) is 5.02 Å². The van der Waals surface area contributed by atoms with Crippen molar-refractivity contribution in [3.05, 3.63) is 63.2 Å². The Hall–Kier alpha value is -3.02. The summed E-state index contributed by atoms with van der Waals surface area (Å²) in [5.74, 6) is -1.69. The van der Waals surface area contributed by atoms with E-state index >= 15 is 0 Å². The molecule has 0 fully saturated rings. The van der Waals surface area contributed by atoms with Crippen LogP contribution in [0, 0.1) is 10.1 Å². The zero-order valence-corrected chi connectivity index (χ0v) is 15.9. The number of non-ortho nitro benzene ring substituents is 1. The molecule has 148 valence electrons. The van der Waals surface area contributed by atoms with E-state index in [9.17, 15) is 28.1 Å². The predicted octanol–water partition coefficient (Wildman–Crippen LogP) is 1.95. The normalized spacial score (nSPS) is 10.9.